The first-order valence-electron chi connectivity index (χ1n) is 6.07. The van der Waals surface area contributed by atoms with E-state index in [0.29, 0.717) is 16.1 Å². The number of aromatic nitrogens is 1. The summed E-state index contributed by atoms with van der Waals surface area (Å²) in [5.74, 6) is -0.467. The number of hydrogen-bond acceptors (Lipinski definition) is 2. The molecule has 3 nitrogen and oxygen atoms in total. The van der Waals surface area contributed by atoms with Crippen LogP contribution < -0.4 is 5.76 Å². The van der Waals surface area contributed by atoms with Crippen LogP contribution in [0.3, 0.4) is 0 Å². The molecular formula is C15H11Cl2NO2. The molecule has 5 heteroatoms. The van der Waals surface area contributed by atoms with Crippen LogP contribution in [-0.2, 0) is 0 Å². The molecule has 1 unspecified atom stereocenters. The second-order valence-corrected chi connectivity index (χ2v) is 5.51. The molecule has 3 aromatic rings. The minimum absolute atomic E-state index is 0.322. The van der Waals surface area contributed by atoms with Gasteiger partial charge in [-0.2, -0.15) is 0 Å². The van der Waals surface area contributed by atoms with E-state index < -0.39 is 5.76 Å². The molecule has 0 bridgehead atoms. The predicted molar refractivity (Wildman–Crippen MR) is 80.7 cm³/mol. The van der Waals surface area contributed by atoms with Gasteiger partial charge in [0.05, 0.1) is 10.9 Å². The van der Waals surface area contributed by atoms with Crippen LogP contribution in [0.25, 0.3) is 11.1 Å². The second kappa shape index (κ2) is 5.00. The Balaban J connectivity index is 2.06. The van der Waals surface area contributed by atoms with Gasteiger partial charge in [-0.05, 0) is 47.9 Å². The number of oxazole rings is 1. The van der Waals surface area contributed by atoms with Crippen molar-refractivity contribution >= 4 is 34.3 Å². The fourth-order valence-electron chi connectivity index (χ4n) is 2.22. The summed E-state index contributed by atoms with van der Waals surface area (Å²) in [7, 11) is 0. The van der Waals surface area contributed by atoms with Gasteiger partial charge >= 0.3 is 5.76 Å². The lowest BCUT2D eigenvalue weighted by Gasteiger charge is -2.13. The summed E-state index contributed by atoms with van der Waals surface area (Å²) in [6.07, 6.45) is 0. The molecule has 3 rings (SSSR count). The minimum Gasteiger partial charge on any atom is -0.408 e. The zero-order valence-electron chi connectivity index (χ0n) is 10.6. The van der Waals surface area contributed by atoms with Crippen molar-refractivity contribution < 1.29 is 4.42 Å². The van der Waals surface area contributed by atoms with E-state index in [9.17, 15) is 4.79 Å². The van der Waals surface area contributed by atoms with Crippen LogP contribution >= 0.6 is 23.2 Å². The number of fused-ring (bicyclic) bond motifs is 1. The van der Waals surface area contributed by atoms with E-state index in [0.717, 1.165) is 16.7 Å². The molecule has 1 N–H and O–H groups in total. The van der Waals surface area contributed by atoms with E-state index >= 15 is 0 Å². The molecule has 1 heterocycles. The van der Waals surface area contributed by atoms with Crippen molar-refractivity contribution in [1.29, 1.82) is 0 Å². The number of H-pyrrole nitrogens is 1. The highest BCUT2D eigenvalue weighted by molar-refractivity contribution is 6.30. The van der Waals surface area contributed by atoms with Gasteiger partial charge in [0.15, 0.2) is 5.58 Å². The maximum Gasteiger partial charge on any atom is 0.417 e. The molecule has 2 aromatic carbocycles. The standard InChI is InChI=1S/C15H11Cl2NO2/c1-8-6-10(16)3-4-11(8)14(17)9-2-5-12-13(7-9)20-15(19)18-12/h2-7,14H,1H3,(H,18,19). The van der Waals surface area contributed by atoms with Crippen molar-refractivity contribution in [3.8, 4) is 0 Å². The Labute approximate surface area is 125 Å². The molecule has 0 radical (unpaired) electrons. The van der Waals surface area contributed by atoms with Gasteiger partial charge in [-0.3, -0.25) is 4.98 Å². The van der Waals surface area contributed by atoms with Gasteiger partial charge < -0.3 is 4.42 Å². The number of alkyl halides is 1. The quantitative estimate of drug-likeness (QED) is 0.713. The fourth-order valence-corrected chi connectivity index (χ4v) is 2.83. The van der Waals surface area contributed by atoms with E-state index in [1.807, 2.05) is 31.2 Å². The Morgan fingerprint density at radius 3 is 2.75 bits per heavy atom. The third-order valence-electron chi connectivity index (χ3n) is 3.24. The SMILES string of the molecule is Cc1cc(Cl)ccc1C(Cl)c1ccc2[nH]c(=O)oc2c1. The maximum absolute atomic E-state index is 11.2. The van der Waals surface area contributed by atoms with Gasteiger partial charge in [0.2, 0.25) is 0 Å². The fraction of sp³-hybridized carbons (Fsp3) is 0.133. The van der Waals surface area contributed by atoms with Crippen LogP contribution in [0.1, 0.15) is 22.1 Å². The van der Waals surface area contributed by atoms with Crippen molar-refractivity contribution in [2.24, 2.45) is 0 Å². The number of aromatic amines is 1. The Hall–Kier alpha value is -1.71. The summed E-state index contributed by atoms with van der Waals surface area (Å²) in [6.45, 7) is 1.96. The zero-order valence-corrected chi connectivity index (χ0v) is 12.1. The highest BCUT2D eigenvalue weighted by atomic mass is 35.5. The molecule has 0 aliphatic carbocycles. The normalized spacial score (nSPS) is 12.8. The first kappa shape index (κ1) is 13.3. The number of nitrogens with one attached hydrogen (secondary N) is 1. The largest absolute Gasteiger partial charge is 0.417 e. The van der Waals surface area contributed by atoms with Crippen LogP contribution in [0.5, 0.6) is 0 Å². The van der Waals surface area contributed by atoms with E-state index in [2.05, 4.69) is 4.98 Å². The third-order valence-corrected chi connectivity index (χ3v) is 3.96. The molecule has 0 aliphatic rings. The predicted octanol–water partition coefficient (Wildman–Crippen LogP) is 4.41. The number of halogens is 2. The first-order chi connectivity index (χ1) is 9.54. The lowest BCUT2D eigenvalue weighted by Crippen LogP contribution is -1.96. The third kappa shape index (κ3) is 2.35. The second-order valence-electron chi connectivity index (χ2n) is 4.63. The minimum atomic E-state index is -0.467. The van der Waals surface area contributed by atoms with Crippen LogP contribution in [-0.4, -0.2) is 4.98 Å². The summed E-state index contributed by atoms with van der Waals surface area (Å²) in [6, 6.07) is 11.0. The van der Waals surface area contributed by atoms with Crippen molar-refractivity contribution in [3.63, 3.8) is 0 Å². The highest BCUT2D eigenvalue weighted by Crippen LogP contribution is 2.33. The van der Waals surface area contributed by atoms with Crippen molar-refractivity contribution in [2.75, 3.05) is 0 Å². The van der Waals surface area contributed by atoms with Gasteiger partial charge in [-0.1, -0.05) is 23.7 Å². The molecule has 1 aromatic heterocycles. The van der Waals surface area contributed by atoms with E-state index in [-0.39, 0.29) is 5.38 Å². The van der Waals surface area contributed by atoms with Crippen molar-refractivity contribution in [1.82, 2.24) is 4.98 Å². The van der Waals surface area contributed by atoms with Crippen molar-refractivity contribution in [3.05, 3.63) is 68.7 Å². The van der Waals surface area contributed by atoms with E-state index in [1.165, 1.54) is 0 Å². The summed E-state index contributed by atoms with van der Waals surface area (Å²) < 4.78 is 5.05. The zero-order chi connectivity index (χ0) is 14.3. The van der Waals surface area contributed by atoms with Crippen LogP contribution in [0.2, 0.25) is 5.02 Å². The Bertz CT molecular complexity index is 835. The topological polar surface area (TPSA) is 46.0 Å². The summed E-state index contributed by atoms with van der Waals surface area (Å²) in [5.41, 5.74) is 4.04. The van der Waals surface area contributed by atoms with Gasteiger partial charge in [0.25, 0.3) is 0 Å². The summed E-state index contributed by atoms with van der Waals surface area (Å²) in [4.78, 5) is 13.8. The monoisotopic (exact) mass is 307 g/mol. The lowest BCUT2D eigenvalue weighted by molar-refractivity contribution is 0.555. The Morgan fingerprint density at radius 2 is 2.00 bits per heavy atom. The molecule has 0 aliphatic heterocycles. The lowest BCUT2D eigenvalue weighted by atomic mass is 10.00. The molecular weight excluding hydrogens is 297 g/mol. The summed E-state index contributed by atoms with van der Waals surface area (Å²) in [5, 5.41) is 0.360. The maximum atomic E-state index is 11.2. The molecule has 0 amide bonds. The van der Waals surface area contributed by atoms with E-state index in [1.54, 1.807) is 12.1 Å². The van der Waals surface area contributed by atoms with Crippen LogP contribution in [0.15, 0.2) is 45.6 Å². The highest BCUT2D eigenvalue weighted by Gasteiger charge is 2.15. The van der Waals surface area contributed by atoms with Crippen LogP contribution in [0.4, 0.5) is 0 Å². The molecule has 0 spiro atoms. The smallest absolute Gasteiger partial charge is 0.408 e. The molecule has 102 valence electrons. The number of aryl methyl sites for hydroxylation is 1. The number of rotatable bonds is 2. The van der Waals surface area contributed by atoms with Gasteiger partial charge in [-0.15, -0.1) is 11.6 Å². The van der Waals surface area contributed by atoms with E-state index in [4.69, 9.17) is 27.6 Å². The molecule has 0 saturated carbocycles. The number of benzene rings is 2. The molecule has 20 heavy (non-hydrogen) atoms. The molecule has 0 fully saturated rings. The van der Waals surface area contributed by atoms with Crippen LogP contribution in [0, 0.1) is 6.92 Å². The summed E-state index contributed by atoms with van der Waals surface area (Å²) >= 11 is 12.5. The molecule has 0 saturated heterocycles. The number of hydrogen-bond donors (Lipinski definition) is 1. The van der Waals surface area contributed by atoms with Gasteiger partial charge in [-0.25, -0.2) is 4.79 Å². The van der Waals surface area contributed by atoms with Gasteiger partial charge in [0, 0.05) is 5.02 Å². The molecule has 1 atom stereocenters. The average molecular weight is 308 g/mol. The Morgan fingerprint density at radius 1 is 1.20 bits per heavy atom. The first-order valence-corrected chi connectivity index (χ1v) is 6.89. The van der Waals surface area contributed by atoms with Crippen molar-refractivity contribution in [2.45, 2.75) is 12.3 Å². The van der Waals surface area contributed by atoms with Gasteiger partial charge in [0.1, 0.15) is 0 Å². The Kier molecular flexibility index (Phi) is 3.32. The average Bonchev–Trinajstić information content (AvgIpc) is 2.77.